The van der Waals surface area contributed by atoms with E-state index in [2.05, 4.69) is 38.8 Å². The van der Waals surface area contributed by atoms with E-state index in [0.29, 0.717) is 17.9 Å². The number of aromatic nitrogens is 2. The molecule has 0 aliphatic carbocycles. The van der Waals surface area contributed by atoms with E-state index in [1.807, 2.05) is 32.8 Å². The Kier molecular flexibility index (Phi) is 4.97. The fourth-order valence-electron chi connectivity index (χ4n) is 3.46. The number of likely N-dealkylation sites (tertiary alicyclic amines) is 1. The fourth-order valence-corrected chi connectivity index (χ4v) is 3.46. The summed E-state index contributed by atoms with van der Waals surface area (Å²) in [4.78, 5) is 30.5. The van der Waals surface area contributed by atoms with Crippen LogP contribution in [0.5, 0.6) is 0 Å². The van der Waals surface area contributed by atoms with E-state index in [1.165, 1.54) is 0 Å². The molecule has 3 rings (SSSR count). The minimum absolute atomic E-state index is 0.0502. The highest BCUT2D eigenvalue weighted by Crippen LogP contribution is 2.26. The number of likely N-dealkylation sites (N-methyl/N-ethyl adjacent to an activating group) is 2. The maximum atomic E-state index is 12.8. The van der Waals surface area contributed by atoms with Gasteiger partial charge >= 0.3 is 0 Å². The molecule has 7 nitrogen and oxygen atoms in total. The zero-order chi connectivity index (χ0) is 18.3. The summed E-state index contributed by atoms with van der Waals surface area (Å²) in [5, 5.41) is 0. The van der Waals surface area contributed by atoms with Crippen LogP contribution in [0.4, 0.5) is 5.82 Å². The monoisotopic (exact) mass is 346 g/mol. The quantitative estimate of drug-likeness (QED) is 0.797. The van der Waals surface area contributed by atoms with Crippen LogP contribution in [0.2, 0.25) is 0 Å². The number of carbonyl (C=O) groups excluding carboxylic acids is 1. The van der Waals surface area contributed by atoms with Crippen LogP contribution in [0.3, 0.4) is 0 Å². The molecule has 1 atom stereocenters. The highest BCUT2D eigenvalue weighted by atomic mass is 16.2. The number of aryl methyl sites for hydroxylation is 1. The molecule has 1 aromatic heterocycles. The Bertz CT molecular complexity index is 653. The average Bonchev–Trinajstić information content (AvgIpc) is 2.97. The van der Waals surface area contributed by atoms with Gasteiger partial charge in [0.2, 0.25) is 5.82 Å². The molecule has 7 heteroatoms. The van der Waals surface area contributed by atoms with Crippen molar-refractivity contribution in [3.63, 3.8) is 0 Å². The Hall–Kier alpha value is -1.73. The number of nitrogens with zero attached hydrogens (tertiary/aromatic N) is 6. The molecular formula is C18H30N6O. The molecule has 2 aliphatic rings. The van der Waals surface area contributed by atoms with Crippen molar-refractivity contribution in [1.82, 2.24) is 24.7 Å². The van der Waals surface area contributed by atoms with Gasteiger partial charge in [0.25, 0.3) is 5.91 Å². The standard InChI is InChI=1S/C18H30N6O/c1-12-13(2)19-16(18(25)24-10-15(11-24)22(5)6)20-17(12)23-8-7-14(9-23)21(3)4/h14-15H,7-11H2,1-6H3/t14-/m1/s1. The molecule has 1 aromatic rings. The van der Waals surface area contributed by atoms with Crippen molar-refractivity contribution < 1.29 is 4.79 Å². The second-order valence-electron chi connectivity index (χ2n) is 7.76. The van der Waals surface area contributed by atoms with Crippen LogP contribution in [0.25, 0.3) is 0 Å². The predicted octanol–water partition coefficient (Wildman–Crippen LogP) is 0.620. The largest absolute Gasteiger partial charge is 0.355 e. The zero-order valence-corrected chi connectivity index (χ0v) is 16.3. The number of hydrogen-bond acceptors (Lipinski definition) is 6. The summed E-state index contributed by atoms with van der Waals surface area (Å²) in [5.74, 6) is 1.21. The maximum absolute atomic E-state index is 12.8. The van der Waals surface area contributed by atoms with Crippen molar-refractivity contribution in [2.45, 2.75) is 32.4 Å². The SMILES string of the molecule is Cc1nc(C(=O)N2CC(N(C)C)C2)nc(N2CC[C@@H](N(C)C)C2)c1C. The number of rotatable bonds is 4. The van der Waals surface area contributed by atoms with Crippen molar-refractivity contribution in [3.05, 3.63) is 17.1 Å². The van der Waals surface area contributed by atoms with Gasteiger partial charge in [0.05, 0.1) is 0 Å². The van der Waals surface area contributed by atoms with Gasteiger partial charge < -0.3 is 19.6 Å². The van der Waals surface area contributed by atoms with Gasteiger partial charge in [-0.1, -0.05) is 0 Å². The van der Waals surface area contributed by atoms with Crippen molar-refractivity contribution in [3.8, 4) is 0 Å². The Balaban J connectivity index is 1.78. The Labute approximate surface area is 150 Å². The molecule has 0 radical (unpaired) electrons. The van der Waals surface area contributed by atoms with E-state index < -0.39 is 0 Å². The van der Waals surface area contributed by atoms with Gasteiger partial charge in [0, 0.05) is 49.5 Å². The number of carbonyl (C=O) groups is 1. The van der Waals surface area contributed by atoms with E-state index in [1.54, 1.807) is 0 Å². The molecule has 1 amide bonds. The molecule has 138 valence electrons. The van der Waals surface area contributed by atoms with Gasteiger partial charge in [-0.3, -0.25) is 4.79 Å². The number of amides is 1. The van der Waals surface area contributed by atoms with Gasteiger partial charge in [-0.2, -0.15) is 0 Å². The molecule has 0 aromatic carbocycles. The molecule has 0 unspecified atom stereocenters. The maximum Gasteiger partial charge on any atom is 0.291 e. The predicted molar refractivity (Wildman–Crippen MR) is 99.2 cm³/mol. The van der Waals surface area contributed by atoms with Crippen molar-refractivity contribution in [1.29, 1.82) is 0 Å². The lowest BCUT2D eigenvalue weighted by Gasteiger charge is -2.42. The highest BCUT2D eigenvalue weighted by Gasteiger charge is 2.34. The van der Waals surface area contributed by atoms with Crippen LogP contribution in [0.15, 0.2) is 0 Å². The molecule has 3 heterocycles. The summed E-state index contributed by atoms with van der Waals surface area (Å²) >= 11 is 0. The molecule has 2 saturated heterocycles. The van der Waals surface area contributed by atoms with Crippen LogP contribution < -0.4 is 4.90 Å². The average molecular weight is 346 g/mol. The van der Waals surface area contributed by atoms with E-state index in [9.17, 15) is 4.79 Å². The van der Waals surface area contributed by atoms with Crippen LogP contribution in [0, 0.1) is 13.8 Å². The summed E-state index contributed by atoms with van der Waals surface area (Å²) in [6, 6.07) is 0.972. The molecule has 25 heavy (non-hydrogen) atoms. The lowest BCUT2D eigenvalue weighted by atomic mass is 10.1. The molecule has 0 N–H and O–H groups in total. The third-order valence-electron chi connectivity index (χ3n) is 5.63. The summed E-state index contributed by atoms with van der Waals surface area (Å²) in [6.45, 7) is 7.45. The second-order valence-corrected chi connectivity index (χ2v) is 7.76. The van der Waals surface area contributed by atoms with E-state index in [4.69, 9.17) is 0 Å². The molecule has 2 aliphatic heterocycles. The van der Waals surface area contributed by atoms with Crippen LogP contribution in [-0.4, -0.2) is 97.0 Å². The Morgan fingerprint density at radius 1 is 1.00 bits per heavy atom. The van der Waals surface area contributed by atoms with Crippen LogP contribution >= 0.6 is 0 Å². The summed E-state index contributed by atoms with van der Waals surface area (Å²) in [5.41, 5.74) is 1.97. The Morgan fingerprint density at radius 3 is 2.20 bits per heavy atom. The van der Waals surface area contributed by atoms with Gasteiger partial charge in [-0.15, -0.1) is 0 Å². The van der Waals surface area contributed by atoms with E-state index in [0.717, 1.165) is 49.7 Å². The molecule has 0 bridgehead atoms. The first kappa shape index (κ1) is 18.1. The first-order chi connectivity index (χ1) is 11.8. The van der Waals surface area contributed by atoms with E-state index >= 15 is 0 Å². The van der Waals surface area contributed by atoms with Crippen molar-refractivity contribution >= 4 is 11.7 Å². The molecular weight excluding hydrogens is 316 g/mol. The second kappa shape index (κ2) is 6.88. The van der Waals surface area contributed by atoms with Crippen molar-refractivity contribution in [2.24, 2.45) is 0 Å². The third-order valence-corrected chi connectivity index (χ3v) is 5.63. The number of anilines is 1. The smallest absolute Gasteiger partial charge is 0.291 e. The van der Waals surface area contributed by atoms with Crippen LogP contribution in [0.1, 0.15) is 28.3 Å². The summed E-state index contributed by atoms with van der Waals surface area (Å²) < 4.78 is 0. The van der Waals surface area contributed by atoms with Crippen LogP contribution in [-0.2, 0) is 0 Å². The lowest BCUT2D eigenvalue weighted by molar-refractivity contribution is 0.0387. The Morgan fingerprint density at radius 2 is 1.64 bits per heavy atom. The molecule has 2 fully saturated rings. The zero-order valence-electron chi connectivity index (χ0n) is 16.3. The highest BCUT2D eigenvalue weighted by molar-refractivity contribution is 5.91. The molecule has 0 saturated carbocycles. The van der Waals surface area contributed by atoms with Gasteiger partial charge in [0.15, 0.2) is 0 Å². The van der Waals surface area contributed by atoms with Gasteiger partial charge in [-0.05, 0) is 48.5 Å². The third kappa shape index (κ3) is 3.48. The first-order valence-electron chi connectivity index (χ1n) is 9.00. The normalized spacial score (nSPS) is 21.4. The topological polar surface area (TPSA) is 55.8 Å². The first-order valence-corrected chi connectivity index (χ1v) is 9.00. The number of hydrogen-bond donors (Lipinski definition) is 0. The summed E-state index contributed by atoms with van der Waals surface area (Å²) in [6.07, 6.45) is 1.12. The summed E-state index contributed by atoms with van der Waals surface area (Å²) in [7, 11) is 8.33. The minimum Gasteiger partial charge on any atom is -0.355 e. The van der Waals surface area contributed by atoms with Gasteiger partial charge in [-0.25, -0.2) is 9.97 Å². The van der Waals surface area contributed by atoms with Crippen molar-refractivity contribution in [2.75, 3.05) is 59.3 Å². The lowest BCUT2D eigenvalue weighted by Crippen LogP contribution is -2.59. The van der Waals surface area contributed by atoms with Gasteiger partial charge in [0.1, 0.15) is 5.82 Å². The molecule has 0 spiro atoms. The van der Waals surface area contributed by atoms with E-state index in [-0.39, 0.29) is 5.91 Å². The minimum atomic E-state index is -0.0502. The fraction of sp³-hybridized carbons (Fsp3) is 0.722.